The highest BCUT2D eigenvalue weighted by molar-refractivity contribution is 7.91. The van der Waals surface area contributed by atoms with Crippen LogP contribution >= 0.6 is 11.6 Å². The first-order valence-corrected chi connectivity index (χ1v) is 8.31. The number of hydrogen-bond donors (Lipinski definition) is 1. The molecule has 0 heterocycles. The van der Waals surface area contributed by atoms with Crippen molar-refractivity contribution in [2.45, 2.75) is 11.8 Å². The van der Waals surface area contributed by atoms with Gasteiger partial charge in [0.15, 0.2) is 9.84 Å². The number of nitrogens with zero attached hydrogens (tertiary/aromatic N) is 1. The Morgan fingerprint density at radius 1 is 1.10 bits per heavy atom. The van der Waals surface area contributed by atoms with Crippen molar-refractivity contribution in [3.8, 4) is 0 Å². The van der Waals surface area contributed by atoms with Crippen LogP contribution in [-0.4, -0.2) is 20.5 Å². The third kappa shape index (κ3) is 4.58. The van der Waals surface area contributed by atoms with E-state index in [4.69, 9.17) is 11.6 Å². The monoisotopic (exact) mass is 322 g/mol. The topological polar surface area (TPSA) is 58.5 Å². The second-order valence-corrected chi connectivity index (χ2v) is 6.97. The molecule has 0 spiro atoms. The van der Waals surface area contributed by atoms with Crippen molar-refractivity contribution < 1.29 is 8.42 Å². The van der Waals surface area contributed by atoms with E-state index in [1.54, 1.807) is 54.7 Å². The first kappa shape index (κ1) is 15.5. The number of hydrogen-bond acceptors (Lipinski definition) is 4. The summed E-state index contributed by atoms with van der Waals surface area (Å²) in [6.45, 7) is 1.91. The van der Waals surface area contributed by atoms with Crippen molar-refractivity contribution >= 4 is 27.7 Å². The Hall–Kier alpha value is -1.85. The highest BCUT2D eigenvalue weighted by Gasteiger charge is 2.12. The number of aryl methyl sites for hydroxylation is 1. The molecule has 2 aromatic rings. The molecule has 0 atom stereocenters. The zero-order valence-electron chi connectivity index (χ0n) is 11.5. The van der Waals surface area contributed by atoms with E-state index in [-0.39, 0.29) is 10.8 Å². The van der Waals surface area contributed by atoms with Gasteiger partial charge >= 0.3 is 0 Å². The predicted octanol–water partition coefficient (Wildman–Crippen LogP) is 3.00. The van der Waals surface area contributed by atoms with Crippen molar-refractivity contribution in [2.24, 2.45) is 5.10 Å². The molecule has 6 heteroatoms. The van der Waals surface area contributed by atoms with Crippen molar-refractivity contribution in [1.29, 1.82) is 0 Å². The van der Waals surface area contributed by atoms with E-state index in [0.29, 0.717) is 5.02 Å². The van der Waals surface area contributed by atoms with Gasteiger partial charge in [-0.2, -0.15) is 5.10 Å². The standard InChI is InChI=1S/C15H15ClN2O2S/c1-12-2-8-15(9-3-12)21(19,20)11-18-17-10-13-4-6-14(16)7-5-13/h2-10,18H,11H2,1H3/b17-10+. The second kappa shape index (κ2) is 6.74. The fraction of sp³-hybridized carbons (Fsp3) is 0.133. The molecule has 0 saturated heterocycles. The Balaban J connectivity index is 1.96. The summed E-state index contributed by atoms with van der Waals surface area (Å²) in [5.41, 5.74) is 4.40. The Morgan fingerprint density at radius 3 is 2.33 bits per heavy atom. The van der Waals surface area contributed by atoms with Gasteiger partial charge in [-0.1, -0.05) is 41.4 Å². The lowest BCUT2D eigenvalue weighted by molar-refractivity contribution is 0.589. The minimum atomic E-state index is -3.38. The molecule has 0 aliphatic heterocycles. The number of nitrogens with one attached hydrogen (secondary N) is 1. The van der Waals surface area contributed by atoms with E-state index >= 15 is 0 Å². The maximum absolute atomic E-state index is 12.0. The van der Waals surface area contributed by atoms with Crippen LogP contribution in [0.5, 0.6) is 0 Å². The Bertz CT molecular complexity index is 723. The number of halogens is 1. The van der Waals surface area contributed by atoms with Gasteiger partial charge in [0.25, 0.3) is 0 Å². The van der Waals surface area contributed by atoms with Crippen LogP contribution in [-0.2, 0) is 9.84 Å². The van der Waals surface area contributed by atoms with Gasteiger partial charge in [-0.25, -0.2) is 8.42 Å². The molecule has 4 nitrogen and oxygen atoms in total. The summed E-state index contributed by atoms with van der Waals surface area (Å²) in [4.78, 5) is 0.280. The van der Waals surface area contributed by atoms with Gasteiger partial charge in [-0.3, -0.25) is 5.43 Å². The van der Waals surface area contributed by atoms with Crippen molar-refractivity contribution in [3.05, 3.63) is 64.7 Å². The van der Waals surface area contributed by atoms with E-state index < -0.39 is 9.84 Å². The van der Waals surface area contributed by atoms with Crippen LogP contribution in [0.3, 0.4) is 0 Å². The molecule has 21 heavy (non-hydrogen) atoms. The highest BCUT2D eigenvalue weighted by Crippen LogP contribution is 2.11. The second-order valence-electron chi connectivity index (χ2n) is 4.54. The van der Waals surface area contributed by atoms with E-state index in [9.17, 15) is 8.42 Å². The van der Waals surface area contributed by atoms with Crippen LogP contribution in [0.2, 0.25) is 5.02 Å². The molecule has 0 radical (unpaired) electrons. The molecular formula is C15H15ClN2O2S. The van der Waals surface area contributed by atoms with E-state index in [1.807, 2.05) is 6.92 Å². The number of sulfone groups is 1. The summed E-state index contributed by atoms with van der Waals surface area (Å²) < 4.78 is 24.1. The summed E-state index contributed by atoms with van der Waals surface area (Å²) in [5.74, 6) is -0.250. The average Bonchev–Trinajstić information content (AvgIpc) is 2.46. The Kier molecular flexibility index (Phi) is 4.98. The van der Waals surface area contributed by atoms with E-state index in [1.165, 1.54) is 0 Å². The van der Waals surface area contributed by atoms with Crippen molar-refractivity contribution in [2.75, 3.05) is 5.88 Å². The minimum Gasteiger partial charge on any atom is -0.295 e. The van der Waals surface area contributed by atoms with Crippen LogP contribution in [0.15, 0.2) is 58.5 Å². The normalized spacial score (nSPS) is 11.7. The van der Waals surface area contributed by atoms with Gasteiger partial charge < -0.3 is 0 Å². The predicted molar refractivity (Wildman–Crippen MR) is 85.4 cm³/mol. The van der Waals surface area contributed by atoms with E-state index in [2.05, 4.69) is 10.5 Å². The first-order chi connectivity index (χ1) is 9.97. The maximum atomic E-state index is 12.0. The van der Waals surface area contributed by atoms with Gasteiger partial charge in [0.05, 0.1) is 11.1 Å². The summed E-state index contributed by atoms with van der Waals surface area (Å²) >= 11 is 5.77. The Morgan fingerprint density at radius 2 is 1.71 bits per heavy atom. The number of benzene rings is 2. The van der Waals surface area contributed by atoms with Gasteiger partial charge in [-0.15, -0.1) is 0 Å². The third-order valence-corrected chi connectivity index (χ3v) is 4.56. The molecular weight excluding hydrogens is 308 g/mol. The lowest BCUT2D eigenvalue weighted by Crippen LogP contribution is -2.18. The largest absolute Gasteiger partial charge is 0.295 e. The fourth-order valence-corrected chi connectivity index (χ4v) is 2.71. The lowest BCUT2D eigenvalue weighted by Gasteiger charge is -2.04. The van der Waals surface area contributed by atoms with Crippen LogP contribution in [0.25, 0.3) is 0 Å². The molecule has 110 valence electrons. The van der Waals surface area contributed by atoms with Crippen molar-refractivity contribution in [1.82, 2.24) is 5.43 Å². The molecule has 0 aromatic heterocycles. The summed E-state index contributed by atoms with van der Waals surface area (Å²) in [7, 11) is -3.38. The van der Waals surface area contributed by atoms with Crippen LogP contribution in [0.1, 0.15) is 11.1 Å². The SMILES string of the molecule is Cc1ccc(S(=O)(=O)CN/N=C/c2ccc(Cl)cc2)cc1. The van der Waals surface area contributed by atoms with E-state index in [0.717, 1.165) is 11.1 Å². The van der Waals surface area contributed by atoms with Gasteiger partial charge in [-0.05, 0) is 36.8 Å². The fourth-order valence-electron chi connectivity index (χ4n) is 1.62. The summed E-state index contributed by atoms with van der Waals surface area (Å²) in [6.07, 6.45) is 1.54. The summed E-state index contributed by atoms with van der Waals surface area (Å²) in [5, 5.41) is 4.54. The van der Waals surface area contributed by atoms with Gasteiger partial charge in [0.1, 0.15) is 5.88 Å². The maximum Gasteiger partial charge on any atom is 0.197 e. The summed E-state index contributed by atoms with van der Waals surface area (Å²) in [6, 6.07) is 13.8. The van der Waals surface area contributed by atoms with Gasteiger partial charge in [0.2, 0.25) is 0 Å². The highest BCUT2D eigenvalue weighted by atomic mass is 35.5. The smallest absolute Gasteiger partial charge is 0.197 e. The quantitative estimate of drug-likeness (QED) is 0.680. The molecule has 0 amide bonds. The molecule has 2 rings (SSSR count). The van der Waals surface area contributed by atoms with Crippen molar-refractivity contribution in [3.63, 3.8) is 0 Å². The molecule has 0 aliphatic rings. The number of hydrazone groups is 1. The zero-order chi connectivity index (χ0) is 15.3. The minimum absolute atomic E-state index is 0.250. The first-order valence-electron chi connectivity index (χ1n) is 6.28. The lowest BCUT2D eigenvalue weighted by atomic mass is 10.2. The van der Waals surface area contributed by atoms with Crippen LogP contribution in [0, 0.1) is 6.92 Å². The molecule has 0 unspecified atom stereocenters. The van der Waals surface area contributed by atoms with Gasteiger partial charge in [0, 0.05) is 5.02 Å². The zero-order valence-corrected chi connectivity index (χ0v) is 13.0. The number of rotatable bonds is 5. The third-order valence-electron chi connectivity index (χ3n) is 2.81. The molecule has 1 N–H and O–H groups in total. The molecule has 0 fully saturated rings. The average molecular weight is 323 g/mol. The van der Waals surface area contributed by atoms with Crippen LogP contribution < -0.4 is 5.43 Å². The molecule has 2 aromatic carbocycles. The molecule has 0 saturated carbocycles. The molecule has 0 aliphatic carbocycles. The molecule has 0 bridgehead atoms. The van der Waals surface area contributed by atoms with Crippen LogP contribution in [0.4, 0.5) is 0 Å². The Labute approximate surface area is 129 Å².